The van der Waals surface area contributed by atoms with E-state index in [1.165, 1.54) is 0 Å². The molecule has 0 aliphatic carbocycles. The van der Waals surface area contributed by atoms with Gasteiger partial charge in [-0.25, -0.2) is 4.79 Å². The van der Waals surface area contributed by atoms with Crippen LogP contribution in [0.5, 0.6) is 0 Å². The first-order chi connectivity index (χ1) is 8.17. The van der Waals surface area contributed by atoms with Crippen LogP contribution in [0.15, 0.2) is 36.4 Å². The van der Waals surface area contributed by atoms with Crippen molar-refractivity contribution in [2.75, 3.05) is 6.61 Å². The summed E-state index contributed by atoms with van der Waals surface area (Å²) < 4.78 is 4.86. The van der Waals surface area contributed by atoms with E-state index < -0.39 is 0 Å². The molecule has 0 heterocycles. The lowest BCUT2D eigenvalue weighted by Crippen LogP contribution is -2.08. The van der Waals surface area contributed by atoms with Gasteiger partial charge in [0.25, 0.3) is 0 Å². The summed E-state index contributed by atoms with van der Waals surface area (Å²) in [5.74, 6) is -0.353. The summed E-state index contributed by atoms with van der Waals surface area (Å²) in [7, 11) is 0. The van der Waals surface area contributed by atoms with Crippen molar-refractivity contribution >= 4 is 5.97 Å². The summed E-state index contributed by atoms with van der Waals surface area (Å²) in [5, 5.41) is 8.54. The SMILES string of the molecule is C=C(Cc1ccc(CC#N)cc1)C(=O)OCC. The van der Waals surface area contributed by atoms with Crippen molar-refractivity contribution in [3.05, 3.63) is 47.5 Å². The second kappa shape index (κ2) is 6.49. The second-order valence-corrected chi connectivity index (χ2v) is 3.65. The summed E-state index contributed by atoms with van der Waals surface area (Å²) in [6, 6.07) is 9.66. The van der Waals surface area contributed by atoms with E-state index in [4.69, 9.17) is 10.00 Å². The maximum absolute atomic E-state index is 11.4. The van der Waals surface area contributed by atoms with Gasteiger partial charge in [-0.2, -0.15) is 5.26 Å². The van der Waals surface area contributed by atoms with Crippen LogP contribution in [0.2, 0.25) is 0 Å². The quantitative estimate of drug-likeness (QED) is 0.575. The topological polar surface area (TPSA) is 50.1 Å². The van der Waals surface area contributed by atoms with E-state index in [2.05, 4.69) is 12.6 Å². The smallest absolute Gasteiger partial charge is 0.333 e. The van der Waals surface area contributed by atoms with Gasteiger partial charge in [-0.15, -0.1) is 0 Å². The molecular weight excluding hydrogens is 214 g/mol. The normalized spacial score (nSPS) is 9.41. The zero-order valence-electron chi connectivity index (χ0n) is 9.90. The van der Waals surface area contributed by atoms with E-state index in [9.17, 15) is 4.79 Å². The number of benzene rings is 1. The summed E-state index contributed by atoms with van der Waals surface area (Å²) in [6.07, 6.45) is 0.880. The molecule has 0 N–H and O–H groups in total. The minimum Gasteiger partial charge on any atom is -0.463 e. The number of carbonyl (C=O) groups is 1. The second-order valence-electron chi connectivity index (χ2n) is 3.65. The number of hydrogen-bond donors (Lipinski definition) is 0. The highest BCUT2D eigenvalue weighted by Crippen LogP contribution is 2.10. The van der Waals surface area contributed by atoms with Crippen LogP contribution in [0.1, 0.15) is 18.1 Å². The van der Waals surface area contributed by atoms with E-state index in [0.717, 1.165) is 11.1 Å². The number of ether oxygens (including phenoxy) is 1. The monoisotopic (exact) mass is 229 g/mol. The first kappa shape index (κ1) is 13.0. The van der Waals surface area contributed by atoms with Crippen molar-refractivity contribution < 1.29 is 9.53 Å². The van der Waals surface area contributed by atoms with E-state index in [1.807, 2.05) is 24.3 Å². The van der Waals surface area contributed by atoms with Gasteiger partial charge in [0.15, 0.2) is 0 Å². The van der Waals surface area contributed by atoms with E-state index in [-0.39, 0.29) is 5.97 Å². The van der Waals surface area contributed by atoms with Gasteiger partial charge in [-0.1, -0.05) is 30.8 Å². The Hall–Kier alpha value is -2.08. The average molecular weight is 229 g/mol. The Kier molecular flexibility index (Phi) is 4.96. The zero-order valence-corrected chi connectivity index (χ0v) is 9.90. The number of rotatable bonds is 5. The lowest BCUT2D eigenvalue weighted by atomic mass is 10.0. The fourth-order valence-electron chi connectivity index (χ4n) is 1.42. The van der Waals surface area contributed by atoms with Crippen LogP contribution in [-0.4, -0.2) is 12.6 Å². The molecule has 0 aliphatic heterocycles. The van der Waals surface area contributed by atoms with Crippen molar-refractivity contribution in [1.29, 1.82) is 5.26 Å². The largest absolute Gasteiger partial charge is 0.463 e. The molecule has 0 saturated carbocycles. The molecule has 0 aliphatic rings. The summed E-state index contributed by atoms with van der Waals surface area (Å²) in [5.41, 5.74) is 2.41. The van der Waals surface area contributed by atoms with Crippen molar-refractivity contribution in [2.45, 2.75) is 19.8 Å². The van der Waals surface area contributed by atoms with E-state index in [1.54, 1.807) is 6.92 Å². The third-order valence-corrected chi connectivity index (χ3v) is 2.29. The minimum atomic E-state index is -0.353. The molecule has 1 rings (SSSR count). The Morgan fingerprint density at radius 3 is 2.47 bits per heavy atom. The van der Waals surface area contributed by atoms with Crippen LogP contribution < -0.4 is 0 Å². The first-order valence-corrected chi connectivity index (χ1v) is 5.47. The predicted molar refractivity (Wildman–Crippen MR) is 65.2 cm³/mol. The van der Waals surface area contributed by atoms with Gasteiger partial charge >= 0.3 is 5.97 Å². The third kappa shape index (κ3) is 4.12. The molecule has 3 nitrogen and oxygen atoms in total. The molecule has 0 spiro atoms. The minimum absolute atomic E-state index is 0.353. The molecule has 1 aromatic rings. The average Bonchev–Trinajstić information content (AvgIpc) is 2.32. The van der Waals surface area contributed by atoms with Gasteiger partial charge in [0.2, 0.25) is 0 Å². The molecule has 88 valence electrons. The highest BCUT2D eigenvalue weighted by Gasteiger charge is 2.08. The lowest BCUT2D eigenvalue weighted by molar-refractivity contribution is -0.138. The molecular formula is C14H15NO2. The Balaban J connectivity index is 2.60. The van der Waals surface area contributed by atoms with E-state index in [0.29, 0.717) is 25.0 Å². The molecule has 0 bridgehead atoms. The highest BCUT2D eigenvalue weighted by molar-refractivity contribution is 5.88. The highest BCUT2D eigenvalue weighted by atomic mass is 16.5. The summed E-state index contributed by atoms with van der Waals surface area (Å²) >= 11 is 0. The molecule has 0 amide bonds. The van der Waals surface area contributed by atoms with Gasteiger partial charge < -0.3 is 4.74 Å². The van der Waals surface area contributed by atoms with Gasteiger partial charge in [-0.05, 0) is 18.1 Å². The first-order valence-electron chi connectivity index (χ1n) is 5.47. The predicted octanol–water partition coefficient (Wildman–Crippen LogP) is 2.41. The third-order valence-electron chi connectivity index (χ3n) is 2.29. The number of hydrogen-bond acceptors (Lipinski definition) is 3. The maximum Gasteiger partial charge on any atom is 0.333 e. The number of nitrogens with zero attached hydrogens (tertiary/aromatic N) is 1. The zero-order chi connectivity index (χ0) is 12.7. The lowest BCUT2D eigenvalue weighted by Gasteiger charge is -2.05. The van der Waals surface area contributed by atoms with Crippen molar-refractivity contribution in [3.63, 3.8) is 0 Å². The van der Waals surface area contributed by atoms with Gasteiger partial charge in [0.1, 0.15) is 0 Å². The fourth-order valence-corrected chi connectivity index (χ4v) is 1.42. The van der Waals surface area contributed by atoms with Crippen molar-refractivity contribution in [1.82, 2.24) is 0 Å². The molecule has 3 heteroatoms. The summed E-state index contributed by atoms with van der Waals surface area (Å²) in [4.78, 5) is 11.4. The maximum atomic E-state index is 11.4. The van der Waals surface area contributed by atoms with Crippen LogP contribution in [0.3, 0.4) is 0 Å². The number of carbonyl (C=O) groups excluding carboxylic acids is 1. The molecule has 17 heavy (non-hydrogen) atoms. The molecule has 0 saturated heterocycles. The Morgan fingerprint density at radius 2 is 1.94 bits per heavy atom. The number of nitriles is 1. The van der Waals surface area contributed by atoms with Gasteiger partial charge in [0, 0.05) is 12.0 Å². The van der Waals surface area contributed by atoms with Gasteiger partial charge in [-0.3, -0.25) is 0 Å². The summed E-state index contributed by atoms with van der Waals surface area (Å²) in [6.45, 7) is 5.83. The Morgan fingerprint density at radius 1 is 1.35 bits per heavy atom. The van der Waals surface area contributed by atoms with Crippen molar-refractivity contribution in [2.24, 2.45) is 0 Å². The van der Waals surface area contributed by atoms with Crippen molar-refractivity contribution in [3.8, 4) is 6.07 Å². The van der Waals surface area contributed by atoms with Crippen LogP contribution >= 0.6 is 0 Å². The molecule has 0 unspecified atom stereocenters. The number of esters is 1. The van der Waals surface area contributed by atoms with E-state index >= 15 is 0 Å². The Bertz CT molecular complexity index is 440. The molecule has 0 fully saturated rings. The Labute approximate surface area is 101 Å². The van der Waals surface area contributed by atoms with Crippen LogP contribution in [0, 0.1) is 11.3 Å². The molecule has 0 aromatic heterocycles. The molecule has 0 atom stereocenters. The van der Waals surface area contributed by atoms with Gasteiger partial charge in [0.05, 0.1) is 19.1 Å². The molecule has 0 radical (unpaired) electrons. The van der Waals surface area contributed by atoms with Crippen LogP contribution in [0.4, 0.5) is 0 Å². The van der Waals surface area contributed by atoms with Crippen LogP contribution in [-0.2, 0) is 22.4 Å². The molecule has 1 aromatic carbocycles. The standard InChI is InChI=1S/C14H15NO2/c1-3-17-14(16)11(2)10-13-6-4-12(5-7-13)8-9-15/h4-7H,2-3,8,10H2,1H3. The fraction of sp³-hybridized carbons (Fsp3) is 0.286. The van der Waals surface area contributed by atoms with Crippen LogP contribution in [0.25, 0.3) is 0 Å².